The first-order valence-corrected chi connectivity index (χ1v) is 18.1. The number of nitrogens with zero attached hydrogens (tertiary/aromatic N) is 4. The molecule has 5 rings (SSSR count). The van der Waals surface area contributed by atoms with Gasteiger partial charge < -0.3 is 24.6 Å². The highest BCUT2D eigenvalue weighted by atomic mass is 28.3. The summed E-state index contributed by atoms with van der Waals surface area (Å²) in [5.41, 5.74) is 4.72. The Labute approximate surface area is 237 Å². The number of aromatic carboxylic acids is 1. The van der Waals surface area contributed by atoms with Crippen molar-refractivity contribution in [1.82, 2.24) is 19.4 Å². The zero-order chi connectivity index (χ0) is 28.1. The van der Waals surface area contributed by atoms with E-state index in [1.54, 1.807) is 16.8 Å². The smallest absolute Gasteiger partial charge is 0.352 e. The van der Waals surface area contributed by atoms with Crippen molar-refractivity contribution in [2.24, 2.45) is 0 Å². The first-order valence-electron chi connectivity index (χ1n) is 14.4. The molecule has 1 aliphatic rings. The molecule has 1 aromatic carbocycles. The highest BCUT2D eigenvalue weighted by Crippen LogP contribution is 2.31. The Hall–Kier alpha value is -3.27. The average molecular weight is 560 g/mol. The Morgan fingerprint density at radius 3 is 2.70 bits per heavy atom. The molecule has 0 saturated carbocycles. The summed E-state index contributed by atoms with van der Waals surface area (Å²) in [7, 11) is -1.24. The van der Waals surface area contributed by atoms with Crippen LogP contribution in [0.2, 0.25) is 25.7 Å². The number of anilines is 1. The van der Waals surface area contributed by atoms with Crippen LogP contribution < -0.4 is 5.32 Å². The molecule has 0 amide bonds. The minimum Gasteiger partial charge on any atom is -0.477 e. The second-order valence-corrected chi connectivity index (χ2v) is 17.6. The van der Waals surface area contributed by atoms with Crippen molar-refractivity contribution >= 4 is 41.5 Å². The van der Waals surface area contributed by atoms with Crippen LogP contribution in [0.1, 0.15) is 36.2 Å². The summed E-state index contributed by atoms with van der Waals surface area (Å²) in [6.07, 6.45) is 8.68. The molecule has 4 heterocycles. The van der Waals surface area contributed by atoms with Crippen LogP contribution in [0.5, 0.6) is 0 Å². The number of aromatic nitrogens is 3. The van der Waals surface area contributed by atoms with Crippen LogP contribution in [0.4, 0.5) is 5.69 Å². The maximum Gasteiger partial charge on any atom is 0.352 e. The van der Waals surface area contributed by atoms with Gasteiger partial charge in [0.2, 0.25) is 0 Å². The number of benzene rings is 1. The van der Waals surface area contributed by atoms with Crippen molar-refractivity contribution in [2.75, 3.05) is 38.1 Å². The molecule has 40 heavy (non-hydrogen) atoms. The molecule has 4 aromatic rings. The number of carboxylic acid groups (broad SMARTS) is 1. The average Bonchev–Trinajstić information content (AvgIpc) is 3.31. The van der Waals surface area contributed by atoms with E-state index in [1.807, 2.05) is 30.5 Å². The number of fused-ring (bicyclic) bond motifs is 2. The van der Waals surface area contributed by atoms with E-state index in [0.717, 1.165) is 64.3 Å². The molecule has 0 radical (unpaired) electrons. The van der Waals surface area contributed by atoms with Gasteiger partial charge in [-0.15, -0.1) is 0 Å². The molecule has 1 fully saturated rings. The van der Waals surface area contributed by atoms with E-state index in [1.165, 1.54) is 32.4 Å². The van der Waals surface area contributed by atoms with Crippen LogP contribution in [0.25, 0.3) is 33.1 Å². The first-order chi connectivity index (χ1) is 19.3. The minimum absolute atomic E-state index is 0.208. The van der Waals surface area contributed by atoms with Crippen LogP contribution >= 0.6 is 0 Å². The zero-order valence-electron chi connectivity index (χ0n) is 23.9. The highest BCUT2D eigenvalue weighted by Gasteiger charge is 2.18. The molecular weight excluding hydrogens is 518 g/mol. The lowest BCUT2D eigenvalue weighted by Gasteiger charge is -2.26. The van der Waals surface area contributed by atoms with Gasteiger partial charge in [-0.25, -0.2) is 9.78 Å². The summed E-state index contributed by atoms with van der Waals surface area (Å²) >= 11 is 0. The predicted octanol–water partition coefficient (Wildman–Crippen LogP) is 6.55. The zero-order valence-corrected chi connectivity index (χ0v) is 24.9. The van der Waals surface area contributed by atoms with Crippen molar-refractivity contribution < 1.29 is 14.6 Å². The third kappa shape index (κ3) is 6.89. The van der Waals surface area contributed by atoms with Gasteiger partial charge in [0.25, 0.3) is 0 Å². The number of hydrogen-bond donors (Lipinski definition) is 2. The second-order valence-electron chi connectivity index (χ2n) is 12.0. The number of rotatable bonds is 12. The van der Waals surface area contributed by atoms with Crippen molar-refractivity contribution in [3.63, 3.8) is 0 Å². The number of carbonyl (C=O) groups is 1. The Morgan fingerprint density at radius 1 is 1.10 bits per heavy atom. The molecule has 3 aromatic heterocycles. The third-order valence-corrected chi connectivity index (χ3v) is 9.37. The Bertz CT molecular complexity index is 1470. The standard InChI is InChI=1S/C31H41N5O3Si/c1-40(2,3)17-16-39-22-36-29-18-23(8-9-24(29)19-30(36)31(37)38)27-20-28(25-21-32-12-10-26(25)34-27)33-11-7-15-35-13-5-4-6-14-35/h8-10,12,18-21H,4-7,11,13-17,22H2,1-3H3,(H,33,34)(H,37,38). The number of hydrogen-bond acceptors (Lipinski definition) is 6. The van der Waals surface area contributed by atoms with Crippen LogP contribution in [0, 0.1) is 0 Å². The summed E-state index contributed by atoms with van der Waals surface area (Å²) in [4.78, 5) is 23.9. The number of nitrogens with one attached hydrogen (secondary N) is 1. The lowest BCUT2D eigenvalue weighted by Crippen LogP contribution is -2.31. The van der Waals surface area contributed by atoms with E-state index in [0.29, 0.717) is 6.61 Å². The minimum atomic E-state index is -1.24. The number of likely N-dealkylation sites (tertiary alicyclic amines) is 1. The molecule has 2 N–H and O–H groups in total. The fraction of sp³-hybridized carbons (Fsp3) is 0.452. The lowest BCUT2D eigenvalue weighted by molar-refractivity contribution is 0.0630. The quantitative estimate of drug-likeness (QED) is 0.150. The molecule has 0 aliphatic carbocycles. The topological polar surface area (TPSA) is 92.5 Å². The Kier molecular flexibility index (Phi) is 8.83. The SMILES string of the molecule is C[Si](C)(C)CCOCn1c(C(=O)O)cc2ccc(-c3cc(NCCCN4CCCCC4)c4cnccc4n3)cc21. The molecule has 9 heteroatoms. The van der Waals surface area contributed by atoms with Crippen molar-refractivity contribution in [1.29, 1.82) is 0 Å². The van der Waals surface area contributed by atoms with E-state index in [4.69, 9.17) is 9.72 Å². The molecule has 212 valence electrons. The van der Waals surface area contributed by atoms with Gasteiger partial charge in [0, 0.05) is 55.6 Å². The molecule has 8 nitrogen and oxygen atoms in total. The maximum absolute atomic E-state index is 12.1. The van der Waals surface area contributed by atoms with Crippen LogP contribution in [-0.4, -0.2) is 71.4 Å². The fourth-order valence-electron chi connectivity index (χ4n) is 5.34. The van der Waals surface area contributed by atoms with Crippen molar-refractivity contribution in [2.45, 2.75) is 58.1 Å². The number of ether oxygens (including phenoxy) is 1. The monoisotopic (exact) mass is 559 g/mol. The molecular formula is C31H41N5O3Si. The number of pyridine rings is 2. The second kappa shape index (κ2) is 12.5. The van der Waals surface area contributed by atoms with E-state index in [2.05, 4.69) is 40.9 Å². The van der Waals surface area contributed by atoms with Crippen LogP contribution in [0.15, 0.2) is 48.8 Å². The highest BCUT2D eigenvalue weighted by molar-refractivity contribution is 6.76. The van der Waals surface area contributed by atoms with Gasteiger partial charge in [-0.2, -0.15) is 0 Å². The molecule has 0 bridgehead atoms. The van der Waals surface area contributed by atoms with Crippen LogP contribution in [0.3, 0.4) is 0 Å². The summed E-state index contributed by atoms with van der Waals surface area (Å²) < 4.78 is 7.73. The number of piperidine rings is 1. The Morgan fingerprint density at radius 2 is 1.93 bits per heavy atom. The summed E-state index contributed by atoms with van der Waals surface area (Å²) in [6.45, 7) is 12.2. The van der Waals surface area contributed by atoms with Gasteiger partial charge in [-0.3, -0.25) is 4.98 Å². The maximum atomic E-state index is 12.1. The summed E-state index contributed by atoms with van der Waals surface area (Å²) in [6, 6.07) is 12.8. The fourth-order valence-corrected chi connectivity index (χ4v) is 6.09. The third-order valence-electron chi connectivity index (χ3n) is 7.66. The van der Waals surface area contributed by atoms with Gasteiger partial charge in [0.15, 0.2) is 0 Å². The predicted molar refractivity (Wildman–Crippen MR) is 165 cm³/mol. The molecule has 1 saturated heterocycles. The van der Waals surface area contributed by atoms with Gasteiger partial charge in [-0.1, -0.05) is 38.2 Å². The van der Waals surface area contributed by atoms with Crippen molar-refractivity contribution in [3.05, 3.63) is 54.5 Å². The van der Waals surface area contributed by atoms with Gasteiger partial charge in [0.1, 0.15) is 12.4 Å². The molecule has 0 unspecified atom stereocenters. The van der Waals surface area contributed by atoms with Crippen LogP contribution in [-0.2, 0) is 11.5 Å². The van der Waals surface area contributed by atoms with Gasteiger partial charge in [-0.05, 0) is 69.2 Å². The largest absolute Gasteiger partial charge is 0.477 e. The molecule has 0 spiro atoms. The summed E-state index contributed by atoms with van der Waals surface area (Å²) in [5, 5.41) is 15.4. The van der Waals surface area contributed by atoms with Gasteiger partial charge in [0.05, 0.1) is 16.7 Å². The van der Waals surface area contributed by atoms with E-state index < -0.39 is 14.0 Å². The lowest BCUT2D eigenvalue weighted by atomic mass is 10.1. The van der Waals surface area contributed by atoms with E-state index in [-0.39, 0.29) is 12.4 Å². The van der Waals surface area contributed by atoms with Gasteiger partial charge >= 0.3 is 5.97 Å². The number of carboxylic acids is 1. The molecule has 1 aliphatic heterocycles. The normalized spacial score (nSPS) is 14.7. The Balaban J connectivity index is 1.40. The molecule has 0 atom stereocenters. The first kappa shape index (κ1) is 28.3. The van der Waals surface area contributed by atoms with Crippen molar-refractivity contribution in [3.8, 4) is 11.3 Å². The van der Waals surface area contributed by atoms with E-state index >= 15 is 0 Å². The summed E-state index contributed by atoms with van der Waals surface area (Å²) in [5.74, 6) is -0.959. The van der Waals surface area contributed by atoms with E-state index in [9.17, 15) is 9.90 Å².